The lowest BCUT2D eigenvalue weighted by Crippen LogP contribution is -2.54. The molecule has 0 aliphatic carbocycles. The molecule has 1 fully saturated rings. The van der Waals surface area contributed by atoms with Crippen molar-refractivity contribution in [2.45, 2.75) is 26.3 Å². The van der Waals surface area contributed by atoms with Crippen molar-refractivity contribution in [3.63, 3.8) is 0 Å². The second-order valence-corrected chi connectivity index (χ2v) is 7.06. The second kappa shape index (κ2) is 8.15. The van der Waals surface area contributed by atoms with E-state index < -0.39 is 10.5 Å². The van der Waals surface area contributed by atoms with Gasteiger partial charge < -0.3 is 10.2 Å². The van der Waals surface area contributed by atoms with Crippen molar-refractivity contribution in [2.24, 2.45) is 5.92 Å². The number of amides is 1. The monoisotopic (exact) mass is 359 g/mol. The Balaban J connectivity index is 1.89. The molecule has 0 aromatic heterocycles. The van der Waals surface area contributed by atoms with Crippen LogP contribution >= 0.6 is 0 Å². The first-order valence-electron chi connectivity index (χ1n) is 8.69. The van der Waals surface area contributed by atoms with E-state index >= 15 is 0 Å². The fourth-order valence-corrected chi connectivity index (χ4v) is 2.80. The van der Waals surface area contributed by atoms with Crippen LogP contribution in [-0.4, -0.2) is 54.0 Å². The number of rotatable bonds is 6. The van der Waals surface area contributed by atoms with Crippen LogP contribution in [0.1, 0.15) is 20.8 Å². The SMILES string of the molecule is CC(C)C(C)(C#N)NC(=O)CN1CCN(c2cccc([N+](=O)[O-])c2)CC1. The van der Waals surface area contributed by atoms with E-state index in [4.69, 9.17) is 0 Å². The van der Waals surface area contributed by atoms with E-state index in [1.54, 1.807) is 19.1 Å². The smallest absolute Gasteiger partial charge is 0.271 e. The number of piperazine rings is 1. The van der Waals surface area contributed by atoms with Crippen LogP contribution in [0, 0.1) is 27.4 Å². The third-order valence-corrected chi connectivity index (χ3v) is 4.93. The summed E-state index contributed by atoms with van der Waals surface area (Å²) >= 11 is 0. The van der Waals surface area contributed by atoms with E-state index in [2.05, 4.69) is 16.3 Å². The van der Waals surface area contributed by atoms with Crippen LogP contribution in [0.15, 0.2) is 24.3 Å². The van der Waals surface area contributed by atoms with Crippen LogP contribution in [0.2, 0.25) is 0 Å². The number of anilines is 1. The predicted molar refractivity (Wildman–Crippen MR) is 98.7 cm³/mol. The molecule has 1 aliphatic rings. The molecule has 0 bridgehead atoms. The summed E-state index contributed by atoms with van der Waals surface area (Å²) in [5.41, 5.74) is 0.0240. The summed E-state index contributed by atoms with van der Waals surface area (Å²) in [6, 6.07) is 8.77. The summed E-state index contributed by atoms with van der Waals surface area (Å²) in [4.78, 5) is 26.9. The molecule has 2 rings (SSSR count). The van der Waals surface area contributed by atoms with Crippen molar-refractivity contribution in [1.82, 2.24) is 10.2 Å². The van der Waals surface area contributed by atoms with E-state index in [1.165, 1.54) is 6.07 Å². The number of carbonyl (C=O) groups is 1. The highest BCUT2D eigenvalue weighted by Gasteiger charge is 2.30. The molecule has 1 unspecified atom stereocenters. The van der Waals surface area contributed by atoms with Gasteiger partial charge in [0.05, 0.1) is 17.5 Å². The van der Waals surface area contributed by atoms with Gasteiger partial charge in [-0.05, 0) is 18.9 Å². The third-order valence-electron chi connectivity index (χ3n) is 4.93. The molecular formula is C18H25N5O3. The Labute approximate surface area is 153 Å². The molecule has 140 valence electrons. The average Bonchev–Trinajstić information content (AvgIpc) is 2.62. The number of benzene rings is 1. The topological polar surface area (TPSA) is 103 Å². The minimum Gasteiger partial charge on any atom is -0.369 e. The summed E-state index contributed by atoms with van der Waals surface area (Å²) in [5.74, 6) is -0.145. The summed E-state index contributed by atoms with van der Waals surface area (Å²) < 4.78 is 0. The molecule has 0 spiro atoms. The maximum Gasteiger partial charge on any atom is 0.271 e. The lowest BCUT2D eigenvalue weighted by atomic mass is 9.90. The molecule has 1 aromatic rings. The van der Waals surface area contributed by atoms with Crippen molar-refractivity contribution in [3.05, 3.63) is 34.4 Å². The Morgan fingerprint density at radius 3 is 2.58 bits per heavy atom. The number of carbonyl (C=O) groups excluding carboxylic acids is 1. The van der Waals surface area contributed by atoms with Gasteiger partial charge in [-0.25, -0.2) is 0 Å². The minimum absolute atomic E-state index is 0.0159. The zero-order valence-corrected chi connectivity index (χ0v) is 15.4. The summed E-state index contributed by atoms with van der Waals surface area (Å²) in [6.45, 7) is 8.52. The molecule has 1 atom stereocenters. The quantitative estimate of drug-likeness (QED) is 0.613. The van der Waals surface area contributed by atoms with E-state index in [9.17, 15) is 20.2 Å². The third kappa shape index (κ3) is 4.70. The molecule has 1 aliphatic heterocycles. The number of hydrogen-bond donors (Lipinski definition) is 1. The first-order chi connectivity index (χ1) is 12.2. The predicted octanol–water partition coefficient (Wildman–Crippen LogP) is 1.77. The first kappa shape index (κ1) is 19.7. The van der Waals surface area contributed by atoms with Crippen LogP contribution in [0.5, 0.6) is 0 Å². The number of hydrogen-bond acceptors (Lipinski definition) is 6. The number of nitro groups is 1. The van der Waals surface area contributed by atoms with E-state index in [-0.39, 0.29) is 24.1 Å². The molecule has 8 nitrogen and oxygen atoms in total. The van der Waals surface area contributed by atoms with Crippen LogP contribution in [-0.2, 0) is 4.79 Å². The van der Waals surface area contributed by atoms with Gasteiger partial charge in [0.25, 0.3) is 5.69 Å². The lowest BCUT2D eigenvalue weighted by molar-refractivity contribution is -0.384. The zero-order chi connectivity index (χ0) is 19.3. The van der Waals surface area contributed by atoms with Crippen LogP contribution in [0.25, 0.3) is 0 Å². The van der Waals surface area contributed by atoms with Gasteiger partial charge in [-0.15, -0.1) is 0 Å². The average molecular weight is 359 g/mol. The molecule has 1 amide bonds. The molecule has 26 heavy (non-hydrogen) atoms. The van der Waals surface area contributed by atoms with Crippen molar-refractivity contribution >= 4 is 17.3 Å². The van der Waals surface area contributed by atoms with Gasteiger partial charge in [-0.2, -0.15) is 5.26 Å². The fraction of sp³-hybridized carbons (Fsp3) is 0.556. The van der Waals surface area contributed by atoms with Gasteiger partial charge in [0, 0.05) is 44.0 Å². The Morgan fingerprint density at radius 1 is 1.38 bits per heavy atom. The van der Waals surface area contributed by atoms with Crippen LogP contribution < -0.4 is 10.2 Å². The summed E-state index contributed by atoms with van der Waals surface area (Å²) in [5, 5.41) is 23.0. The molecule has 1 N–H and O–H groups in total. The Bertz CT molecular complexity index is 707. The molecule has 1 aromatic carbocycles. The van der Waals surface area contributed by atoms with Gasteiger partial charge in [0.1, 0.15) is 5.54 Å². The number of non-ortho nitro benzene ring substituents is 1. The maximum absolute atomic E-state index is 12.3. The van der Waals surface area contributed by atoms with Gasteiger partial charge in [0.15, 0.2) is 0 Å². The molecule has 0 saturated carbocycles. The largest absolute Gasteiger partial charge is 0.369 e. The summed E-state index contributed by atoms with van der Waals surface area (Å²) in [7, 11) is 0. The van der Waals surface area contributed by atoms with Crippen molar-refractivity contribution in [1.29, 1.82) is 5.26 Å². The second-order valence-electron chi connectivity index (χ2n) is 7.06. The normalized spacial score (nSPS) is 17.4. The number of nitrogens with zero attached hydrogens (tertiary/aromatic N) is 4. The molecule has 8 heteroatoms. The number of nitrogens with one attached hydrogen (secondary N) is 1. The fourth-order valence-electron chi connectivity index (χ4n) is 2.80. The zero-order valence-electron chi connectivity index (χ0n) is 15.4. The van der Waals surface area contributed by atoms with E-state index in [1.807, 2.05) is 24.8 Å². The molecular weight excluding hydrogens is 334 g/mol. The maximum atomic E-state index is 12.3. The van der Waals surface area contributed by atoms with Gasteiger partial charge in [-0.1, -0.05) is 19.9 Å². The number of nitro benzene ring substituents is 1. The Morgan fingerprint density at radius 2 is 2.04 bits per heavy atom. The molecule has 0 radical (unpaired) electrons. The molecule has 1 saturated heterocycles. The van der Waals surface area contributed by atoms with Crippen molar-refractivity contribution in [2.75, 3.05) is 37.6 Å². The lowest BCUT2D eigenvalue weighted by Gasteiger charge is -2.36. The van der Waals surface area contributed by atoms with Crippen LogP contribution in [0.3, 0.4) is 0 Å². The van der Waals surface area contributed by atoms with Gasteiger partial charge >= 0.3 is 0 Å². The highest BCUT2D eigenvalue weighted by atomic mass is 16.6. The van der Waals surface area contributed by atoms with Crippen molar-refractivity contribution in [3.8, 4) is 6.07 Å². The Kier molecular flexibility index (Phi) is 6.16. The highest BCUT2D eigenvalue weighted by molar-refractivity contribution is 5.79. The Hall–Kier alpha value is -2.66. The van der Waals surface area contributed by atoms with E-state index in [0.29, 0.717) is 26.2 Å². The van der Waals surface area contributed by atoms with Crippen LogP contribution in [0.4, 0.5) is 11.4 Å². The first-order valence-corrected chi connectivity index (χ1v) is 8.69. The summed E-state index contributed by atoms with van der Waals surface area (Å²) in [6.07, 6.45) is 0. The van der Waals surface area contributed by atoms with Gasteiger partial charge in [0.2, 0.25) is 5.91 Å². The standard InChI is InChI=1S/C18H25N5O3/c1-14(2)18(3,13-19)20-17(24)12-21-7-9-22(10-8-21)15-5-4-6-16(11-15)23(25)26/h4-6,11,14H,7-10,12H2,1-3H3,(H,20,24). The minimum atomic E-state index is -0.873. The van der Waals surface area contributed by atoms with Crippen molar-refractivity contribution < 1.29 is 9.72 Å². The van der Waals surface area contributed by atoms with E-state index in [0.717, 1.165) is 5.69 Å². The highest BCUT2D eigenvalue weighted by Crippen LogP contribution is 2.22. The van der Waals surface area contributed by atoms with Gasteiger partial charge in [-0.3, -0.25) is 19.8 Å². The molecule has 1 heterocycles. The number of nitriles is 1.